The minimum Gasteiger partial charge on any atom is -0.493 e. The van der Waals surface area contributed by atoms with Gasteiger partial charge in [0.1, 0.15) is 5.70 Å². The SMILES string of the molecule is COc1ccc(/C=C(\NC(=O)c2ccccc2)C(=O)Nc2ccc(SCC(=O)Nc3cccc(C(=O)O)c3)cc2)cc1OC. The van der Waals surface area contributed by atoms with Gasteiger partial charge in [-0.15, -0.1) is 11.8 Å². The molecule has 4 aromatic carbocycles. The number of carbonyl (C=O) groups is 4. The van der Waals surface area contributed by atoms with Gasteiger partial charge in [0.2, 0.25) is 5.91 Å². The molecule has 0 bridgehead atoms. The maximum Gasteiger partial charge on any atom is 0.335 e. The van der Waals surface area contributed by atoms with Crippen LogP contribution in [-0.2, 0) is 9.59 Å². The van der Waals surface area contributed by atoms with E-state index in [1.54, 1.807) is 84.9 Å². The summed E-state index contributed by atoms with van der Waals surface area (Å²) in [5.41, 5.74) is 1.94. The second-order valence-corrected chi connectivity index (χ2v) is 10.2. The van der Waals surface area contributed by atoms with Crippen molar-refractivity contribution in [2.75, 3.05) is 30.6 Å². The highest BCUT2D eigenvalue weighted by Gasteiger charge is 2.16. The summed E-state index contributed by atoms with van der Waals surface area (Å²) in [7, 11) is 3.03. The Balaban J connectivity index is 1.43. The summed E-state index contributed by atoms with van der Waals surface area (Å²) in [6.45, 7) is 0. The van der Waals surface area contributed by atoms with Gasteiger partial charge in [-0.3, -0.25) is 14.4 Å². The van der Waals surface area contributed by atoms with Crippen LogP contribution in [0.15, 0.2) is 108 Å². The van der Waals surface area contributed by atoms with Crippen LogP contribution in [0.2, 0.25) is 0 Å². The van der Waals surface area contributed by atoms with Crippen molar-refractivity contribution in [1.29, 1.82) is 0 Å². The van der Waals surface area contributed by atoms with E-state index in [2.05, 4.69) is 16.0 Å². The number of rotatable bonds is 12. The number of thioether (sulfide) groups is 1. The van der Waals surface area contributed by atoms with Gasteiger partial charge in [-0.2, -0.15) is 0 Å². The molecule has 0 spiro atoms. The number of ether oxygens (including phenoxy) is 2. The molecule has 0 aliphatic rings. The number of benzene rings is 4. The molecule has 0 heterocycles. The van der Waals surface area contributed by atoms with Gasteiger partial charge in [-0.05, 0) is 78.4 Å². The molecule has 0 aliphatic carbocycles. The fourth-order valence-electron chi connectivity index (χ4n) is 3.96. The number of methoxy groups -OCH3 is 2. The van der Waals surface area contributed by atoms with Gasteiger partial charge in [-0.25, -0.2) is 4.79 Å². The van der Waals surface area contributed by atoms with Crippen molar-refractivity contribution >= 4 is 52.9 Å². The highest BCUT2D eigenvalue weighted by Crippen LogP contribution is 2.28. The van der Waals surface area contributed by atoms with Crippen LogP contribution in [0.5, 0.6) is 11.5 Å². The molecule has 0 fully saturated rings. The van der Waals surface area contributed by atoms with Crippen molar-refractivity contribution in [1.82, 2.24) is 5.32 Å². The zero-order chi connectivity index (χ0) is 31.5. The van der Waals surface area contributed by atoms with Crippen molar-refractivity contribution in [3.8, 4) is 11.5 Å². The third kappa shape index (κ3) is 8.73. The van der Waals surface area contributed by atoms with Crippen LogP contribution in [0.25, 0.3) is 6.08 Å². The summed E-state index contributed by atoms with van der Waals surface area (Å²) < 4.78 is 10.6. The zero-order valence-electron chi connectivity index (χ0n) is 23.8. The summed E-state index contributed by atoms with van der Waals surface area (Å²) in [4.78, 5) is 50.6. The molecule has 3 amide bonds. The van der Waals surface area contributed by atoms with Crippen molar-refractivity contribution in [3.63, 3.8) is 0 Å². The Bertz CT molecular complexity index is 1690. The Hall–Kier alpha value is -5.55. The summed E-state index contributed by atoms with van der Waals surface area (Å²) in [6.07, 6.45) is 1.53. The minimum atomic E-state index is -1.08. The summed E-state index contributed by atoms with van der Waals surface area (Å²) in [6, 6.07) is 26.5. The van der Waals surface area contributed by atoms with E-state index in [1.807, 2.05) is 0 Å². The van der Waals surface area contributed by atoms with Gasteiger partial charge in [0, 0.05) is 21.8 Å². The molecule has 0 atom stereocenters. The van der Waals surface area contributed by atoms with Crippen molar-refractivity contribution in [2.45, 2.75) is 4.90 Å². The molecule has 11 heteroatoms. The number of anilines is 2. The molecule has 0 unspecified atom stereocenters. The Morgan fingerprint density at radius 1 is 0.750 bits per heavy atom. The first-order valence-electron chi connectivity index (χ1n) is 13.2. The molecule has 0 aromatic heterocycles. The Labute approximate surface area is 258 Å². The van der Waals surface area contributed by atoms with E-state index in [-0.39, 0.29) is 22.9 Å². The predicted molar refractivity (Wildman–Crippen MR) is 169 cm³/mol. The number of carboxylic acids is 1. The number of aromatic carboxylic acids is 1. The van der Waals surface area contributed by atoms with Gasteiger partial charge in [0.05, 0.1) is 25.5 Å². The molecule has 0 saturated carbocycles. The van der Waals surface area contributed by atoms with E-state index in [1.165, 1.54) is 44.2 Å². The molecule has 0 saturated heterocycles. The molecule has 44 heavy (non-hydrogen) atoms. The van der Waals surface area contributed by atoms with Crippen molar-refractivity contribution in [2.24, 2.45) is 0 Å². The van der Waals surface area contributed by atoms with E-state index in [9.17, 15) is 19.2 Å². The van der Waals surface area contributed by atoms with E-state index in [0.717, 1.165) is 4.90 Å². The lowest BCUT2D eigenvalue weighted by molar-refractivity contribution is -0.114. The van der Waals surface area contributed by atoms with Crippen LogP contribution in [-0.4, -0.2) is 48.8 Å². The maximum atomic E-state index is 13.4. The number of amides is 3. The van der Waals surface area contributed by atoms with Crippen LogP contribution < -0.4 is 25.4 Å². The van der Waals surface area contributed by atoms with E-state index in [4.69, 9.17) is 14.6 Å². The number of nitrogens with one attached hydrogen (secondary N) is 3. The van der Waals surface area contributed by atoms with E-state index in [0.29, 0.717) is 34.0 Å². The molecule has 4 aromatic rings. The van der Waals surface area contributed by atoms with Crippen molar-refractivity contribution in [3.05, 3.63) is 119 Å². The third-order valence-corrected chi connectivity index (χ3v) is 7.13. The summed E-state index contributed by atoms with van der Waals surface area (Å²) >= 11 is 1.27. The Morgan fingerprint density at radius 3 is 2.14 bits per heavy atom. The number of carboxylic acid groups (broad SMARTS) is 1. The second kappa shape index (κ2) is 15.1. The topological polar surface area (TPSA) is 143 Å². The molecule has 10 nitrogen and oxygen atoms in total. The number of hydrogen-bond donors (Lipinski definition) is 4. The first kappa shape index (κ1) is 31.4. The lowest BCUT2D eigenvalue weighted by atomic mass is 10.1. The Kier molecular flexibility index (Phi) is 10.8. The standard InChI is InChI=1S/C33H29N3O7S/c1-42-28-16-11-21(18-29(28)43-2)17-27(36-31(38)22-7-4-3-5-8-22)32(39)35-24-12-14-26(15-13-24)44-20-30(37)34-25-10-6-9-23(19-25)33(40)41/h3-19H,20H2,1-2H3,(H,34,37)(H,35,39)(H,36,38)(H,40,41)/b27-17-. The predicted octanol–water partition coefficient (Wildman–Crippen LogP) is 5.54. The normalized spacial score (nSPS) is 10.8. The van der Waals surface area contributed by atoms with Crippen LogP contribution in [0.3, 0.4) is 0 Å². The van der Waals surface area contributed by atoms with Crippen LogP contribution in [0.1, 0.15) is 26.3 Å². The van der Waals surface area contributed by atoms with Crippen LogP contribution in [0, 0.1) is 0 Å². The number of hydrogen-bond acceptors (Lipinski definition) is 7. The van der Waals surface area contributed by atoms with Crippen LogP contribution in [0.4, 0.5) is 11.4 Å². The Morgan fingerprint density at radius 2 is 1.45 bits per heavy atom. The highest BCUT2D eigenvalue weighted by molar-refractivity contribution is 8.00. The van der Waals surface area contributed by atoms with Crippen LogP contribution >= 0.6 is 11.8 Å². The summed E-state index contributed by atoms with van der Waals surface area (Å²) in [5, 5.41) is 17.3. The fourth-order valence-corrected chi connectivity index (χ4v) is 4.66. The first-order chi connectivity index (χ1) is 21.2. The molecular formula is C33H29N3O7S. The highest BCUT2D eigenvalue weighted by atomic mass is 32.2. The molecule has 0 radical (unpaired) electrons. The van der Waals surface area contributed by atoms with Gasteiger partial charge in [0.25, 0.3) is 11.8 Å². The van der Waals surface area contributed by atoms with E-state index < -0.39 is 17.8 Å². The van der Waals surface area contributed by atoms with Gasteiger partial charge < -0.3 is 30.5 Å². The quantitative estimate of drug-likeness (QED) is 0.121. The zero-order valence-corrected chi connectivity index (χ0v) is 24.6. The number of carbonyl (C=O) groups excluding carboxylic acids is 3. The average Bonchev–Trinajstić information content (AvgIpc) is 3.04. The smallest absolute Gasteiger partial charge is 0.335 e. The molecular weight excluding hydrogens is 582 g/mol. The van der Waals surface area contributed by atoms with E-state index >= 15 is 0 Å². The van der Waals surface area contributed by atoms with Gasteiger partial charge in [0.15, 0.2) is 11.5 Å². The van der Waals surface area contributed by atoms with Gasteiger partial charge >= 0.3 is 5.97 Å². The first-order valence-corrected chi connectivity index (χ1v) is 14.2. The molecule has 4 rings (SSSR count). The largest absolute Gasteiger partial charge is 0.493 e. The van der Waals surface area contributed by atoms with Crippen molar-refractivity contribution < 1.29 is 33.8 Å². The third-order valence-electron chi connectivity index (χ3n) is 6.12. The minimum absolute atomic E-state index is 0.00756. The second-order valence-electron chi connectivity index (χ2n) is 9.19. The molecule has 0 aliphatic heterocycles. The maximum absolute atomic E-state index is 13.4. The molecule has 4 N–H and O–H groups in total. The summed E-state index contributed by atoms with van der Waals surface area (Å²) in [5.74, 6) is -1.30. The average molecular weight is 612 g/mol. The molecule has 224 valence electrons. The lowest BCUT2D eigenvalue weighted by Crippen LogP contribution is -2.30. The lowest BCUT2D eigenvalue weighted by Gasteiger charge is -2.13. The fraction of sp³-hybridized carbons (Fsp3) is 0.0909. The monoisotopic (exact) mass is 611 g/mol. The van der Waals surface area contributed by atoms with Gasteiger partial charge in [-0.1, -0.05) is 30.3 Å².